The van der Waals surface area contributed by atoms with Crippen LogP contribution in [0, 0.1) is 5.82 Å². The number of esters is 1. The maximum Gasteiger partial charge on any atom is 0.341 e. The summed E-state index contributed by atoms with van der Waals surface area (Å²) in [6, 6.07) is 10.2. The number of nitrogens with zero attached hydrogens (tertiary/aromatic N) is 2. The van der Waals surface area contributed by atoms with E-state index in [1.54, 1.807) is 6.07 Å². The number of amides is 2. The minimum atomic E-state index is -0.821. The summed E-state index contributed by atoms with van der Waals surface area (Å²) in [4.78, 5) is 43.9. The number of anilines is 1. The number of benzene rings is 2. The van der Waals surface area contributed by atoms with E-state index in [0.717, 1.165) is 0 Å². The van der Waals surface area contributed by atoms with Crippen LogP contribution in [0.25, 0.3) is 11.4 Å². The molecule has 0 saturated carbocycles. The van der Waals surface area contributed by atoms with Gasteiger partial charge in [-0.2, -0.15) is 0 Å². The molecule has 1 aromatic heterocycles. The van der Waals surface area contributed by atoms with E-state index in [-0.39, 0.29) is 28.6 Å². The van der Waals surface area contributed by atoms with Gasteiger partial charge in [0.15, 0.2) is 5.82 Å². The number of rotatable bonds is 8. The van der Waals surface area contributed by atoms with Crippen molar-refractivity contribution < 1.29 is 28.2 Å². The second kappa shape index (κ2) is 9.73. The van der Waals surface area contributed by atoms with Crippen LogP contribution >= 0.6 is 0 Å². The van der Waals surface area contributed by atoms with Gasteiger partial charge in [-0.25, -0.2) is 19.2 Å². The highest BCUT2D eigenvalue weighted by molar-refractivity contribution is 5.95. The van der Waals surface area contributed by atoms with E-state index in [1.807, 2.05) is 0 Å². The van der Waals surface area contributed by atoms with E-state index in [9.17, 15) is 18.8 Å². The summed E-state index contributed by atoms with van der Waals surface area (Å²) in [6.07, 6.45) is 0. The van der Waals surface area contributed by atoms with Gasteiger partial charge in [0, 0.05) is 11.6 Å². The topological polar surface area (TPSA) is 160 Å². The lowest BCUT2D eigenvalue weighted by Crippen LogP contribution is -2.33. The monoisotopic (exact) mass is 453 g/mol. The summed E-state index contributed by atoms with van der Waals surface area (Å²) in [7, 11) is 1.20. The van der Waals surface area contributed by atoms with Crippen LogP contribution in [0.15, 0.2) is 48.5 Å². The Morgan fingerprint density at radius 1 is 1.03 bits per heavy atom. The molecule has 1 atom stereocenters. The average molecular weight is 453 g/mol. The van der Waals surface area contributed by atoms with Crippen LogP contribution in [-0.4, -0.2) is 40.9 Å². The fraction of sp³-hybridized carbons (Fsp3) is 0.136. The fourth-order valence-electron chi connectivity index (χ4n) is 2.73. The minimum Gasteiger partial charge on any atom is -0.465 e. The van der Waals surface area contributed by atoms with Crippen molar-refractivity contribution in [1.82, 2.24) is 9.97 Å². The number of carbonyl (C=O) groups excluding carboxylic acids is 3. The van der Waals surface area contributed by atoms with Gasteiger partial charge >= 0.3 is 5.97 Å². The molecule has 10 nitrogen and oxygen atoms in total. The van der Waals surface area contributed by atoms with Crippen molar-refractivity contribution >= 4 is 23.6 Å². The number of hydrogen-bond acceptors (Lipinski definition) is 8. The van der Waals surface area contributed by atoms with Crippen molar-refractivity contribution in [2.75, 3.05) is 12.4 Å². The van der Waals surface area contributed by atoms with Gasteiger partial charge in [-0.15, -0.1) is 0 Å². The van der Waals surface area contributed by atoms with E-state index < -0.39 is 29.6 Å². The van der Waals surface area contributed by atoms with Gasteiger partial charge in [-0.05, 0) is 49.4 Å². The Morgan fingerprint density at radius 3 is 2.33 bits per heavy atom. The standard InChI is InChI=1S/C22H20FN5O5/c1-11(19(24)29)26-18-10-16(20(25)30)27-21(28-18)12-3-8-17(15(9-12)22(31)32-2)33-14-6-4-13(23)5-7-14/h3-11H,1-2H3,(H2,24,29)(H2,25,30)(H,26,27,28)/t11-/m0/s1. The summed E-state index contributed by atoms with van der Waals surface area (Å²) in [5, 5.41) is 2.76. The maximum absolute atomic E-state index is 13.2. The molecular weight excluding hydrogens is 433 g/mol. The Kier molecular flexibility index (Phi) is 6.82. The molecule has 0 aliphatic heterocycles. The summed E-state index contributed by atoms with van der Waals surface area (Å²) in [5.74, 6) is -1.98. The SMILES string of the molecule is COC(=O)c1cc(-c2nc(N[C@@H](C)C(N)=O)cc(C(N)=O)n2)ccc1Oc1ccc(F)cc1. The number of methoxy groups -OCH3 is 1. The lowest BCUT2D eigenvalue weighted by Gasteiger charge is -2.14. The minimum absolute atomic E-state index is 0.0346. The van der Waals surface area contributed by atoms with Crippen molar-refractivity contribution in [2.24, 2.45) is 11.5 Å². The van der Waals surface area contributed by atoms with Crippen LogP contribution in [0.4, 0.5) is 10.2 Å². The van der Waals surface area contributed by atoms with Crippen molar-refractivity contribution in [3.05, 3.63) is 65.6 Å². The fourth-order valence-corrected chi connectivity index (χ4v) is 2.73. The van der Waals surface area contributed by atoms with Gasteiger partial charge in [0.05, 0.1) is 7.11 Å². The zero-order valence-corrected chi connectivity index (χ0v) is 17.7. The maximum atomic E-state index is 13.2. The van der Waals surface area contributed by atoms with Crippen LogP contribution in [0.5, 0.6) is 11.5 Å². The predicted molar refractivity (Wildman–Crippen MR) is 116 cm³/mol. The largest absolute Gasteiger partial charge is 0.465 e. The second-order valence-corrected chi connectivity index (χ2v) is 6.85. The molecule has 11 heteroatoms. The zero-order valence-electron chi connectivity index (χ0n) is 17.7. The first-order valence-corrected chi connectivity index (χ1v) is 9.59. The molecule has 0 radical (unpaired) electrons. The molecule has 2 amide bonds. The third kappa shape index (κ3) is 5.58. The summed E-state index contributed by atoms with van der Waals surface area (Å²) >= 11 is 0. The summed E-state index contributed by atoms with van der Waals surface area (Å²) in [5.41, 5.74) is 10.9. The molecule has 0 spiro atoms. The van der Waals surface area contributed by atoms with Gasteiger partial charge in [-0.1, -0.05) is 0 Å². The molecule has 0 aliphatic carbocycles. The van der Waals surface area contributed by atoms with E-state index in [0.29, 0.717) is 11.3 Å². The summed E-state index contributed by atoms with van der Waals surface area (Å²) < 4.78 is 23.7. The summed E-state index contributed by atoms with van der Waals surface area (Å²) in [6.45, 7) is 1.52. The number of ether oxygens (including phenoxy) is 2. The Morgan fingerprint density at radius 2 is 1.73 bits per heavy atom. The molecule has 0 aliphatic rings. The van der Waals surface area contributed by atoms with Crippen LogP contribution in [0.2, 0.25) is 0 Å². The second-order valence-electron chi connectivity index (χ2n) is 6.85. The molecule has 5 N–H and O–H groups in total. The third-order valence-electron chi connectivity index (χ3n) is 4.45. The molecule has 170 valence electrons. The predicted octanol–water partition coefficient (Wildman–Crippen LogP) is 2.25. The third-order valence-corrected chi connectivity index (χ3v) is 4.45. The molecule has 33 heavy (non-hydrogen) atoms. The Balaban J connectivity index is 2.05. The number of primary amides is 2. The highest BCUT2D eigenvalue weighted by Crippen LogP contribution is 2.30. The van der Waals surface area contributed by atoms with Crippen molar-refractivity contribution in [3.63, 3.8) is 0 Å². The van der Waals surface area contributed by atoms with Gasteiger partial charge in [0.2, 0.25) is 5.91 Å². The van der Waals surface area contributed by atoms with Crippen LogP contribution in [-0.2, 0) is 9.53 Å². The average Bonchev–Trinajstić information content (AvgIpc) is 2.79. The van der Waals surface area contributed by atoms with E-state index in [2.05, 4.69) is 15.3 Å². The van der Waals surface area contributed by atoms with Crippen LogP contribution < -0.4 is 21.5 Å². The van der Waals surface area contributed by atoms with Crippen molar-refractivity contribution in [2.45, 2.75) is 13.0 Å². The molecule has 1 heterocycles. The molecule has 0 bridgehead atoms. The van der Waals surface area contributed by atoms with Crippen LogP contribution in [0.3, 0.4) is 0 Å². The molecule has 0 fully saturated rings. The van der Waals surface area contributed by atoms with Crippen LogP contribution in [0.1, 0.15) is 27.8 Å². The first-order chi connectivity index (χ1) is 15.7. The Bertz CT molecular complexity index is 1220. The number of nitrogens with one attached hydrogen (secondary N) is 1. The molecule has 3 aromatic rings. The van der Waals surface area contributed by atoms with Crippen molar-refractivity contribution in [1.29, 1.82) is 0 Å². The molecular formula is C22H20FN5O5. The quantitative estimate of drug-likeness (QED) is 0.438. The molecule has 0 saturated heterocycles. The zero-order chi connectivity index (χ0) is 24.1. The number of carbonyl (C=O) groups is 3. The lowest BCUT2D eigenvalue weighted by atomic mass is 10.1. The van der Waals surface area contributed by atoms with Gasteiger partial charge < -0.3 is 26.3 Å². The molecule has 0 unspecified atom stereocenters. The first-order valence-electron chi connectivity index (χ1n) is 9.59. The van der Waals surface area contributed by atoms with Gasteiger partial charge in [0.25, 0.3) is 5.91 Å². The molecule has 2 aromatic carbocycles. The van der Waals surface area contributed by atoms with E-state index in [1.165, 1.54) is 56.5 Å². The Labute approximate surface area is 187 Å². The van der Waals surface area contributed by atoms with E-state index in [4.69, 9.17) is 20.9 Å². The number of aromatic nitrogens is 2. The van der Waals surface area contributed by atoms with Crippen molar-refractivity contribution in [3.8, 4) is 22.9 Å². The molecule has 3 rings (SSSR count). The number of nitrogens with two attached hydrogens (primary N) is 2. The van der Waals surface area contributed by atoms with Gasteiger partial charge in [-0.3, -0.25) is 9.59 Å². The Hall–Kier alpha value is -4.54. The number of hydrogen-bond donors (Lipinski definition) is 3. The smallest absolute Gasteiger partial charge is 0.341 e. The highest BCUT2D eigenvalue weighted by Gasteiger charge is 2.19. The highest BCUT2D eigenvalue weighted by atomic mass is 19.1. The van der Waals surface area contributed by atoms with E-state index >= 15 is 0 Å². The first kappa shape index (κ1) is 23.1. The van der Waals surface area contributed by atoms with Gasteiger partial charge in [0.1, 0.15) is 40.4 Å². The normalized spacial score (nSPS) is 11.4. The lowest BCUT2D eigenvalue weighted by molar-refractivity contribution is -0.118. The number of halogens is 1.